The highest BCUT2D eigenvalue weighted by atomic mass is 16.6. The van der Waals surface area contributed by atoms with Crippen LogP contribution in [-0.4, -0.2) is 12.7 Å². The fourth-order valence-electron chi connectivity index (χ4n) is 0.788. The third kappa shape index (κ3) is 1.22. The lowest BCUT2D eigenvalue weighted by molar-refractivity contribution is 0.290. The smallest absolute Gasteiger partial charge is 0.0837 e. The Bertz CT molecular complexity index is 72.5. The van der Waals surface area contributed by atoms with Crippen molar-refractivity contribution in [3.05, 3.63) is 0 Å². The van der Waals surface area contributed by atoms with E-state index in [1.54, 1.807) is 0 Å². The van der Waals surface area contributed by atoms with Crippen molar-refractivity contribution in [1.82, 2.24) is 0 Å². The van der Waals surface area contributed by atoms with Crippen LogP contribution in [0.4, 0.5) is 0 Å². The van der Waals surface area contributed by atoms with Gasteiger partial charge < -0.3 is 4.74 Å². The average molecular weight is 114 g/mol. The van der Waals surface area contributed by atoms with Gasteiger partial charge in [0.2, 0.25) is 0 Å². The summed E-state index contributed by atoms with van der Waals surface area (Å²) < 4.78 is 5.13. The first kappa shape index (κ1) is 6.09. The van der Waals surface area contributed by atoms with Crippen LogP contribution < -0.4 is 0 Å². The van der Waals surface area contributed by atoms with Crippen molar-refractivity contribution in [1.29, 1.82) is 0 Å². The van der Waals surface area contributed by atoms with Crippen LogP contribution in [0.5, 0.6) is 0 Å². The van der Waals surface area contributed by atoms with E-state index in [2.05, 4.69) is 20.8 Å². The molecule has 1 nitrogen and oxygen atoms in total. The van der Waals surface area contributed by atoms with E-state index in [4.69, 9.17) is 4.74 Å². The van der Waals surface area contributed by atoms with Crippen LogP contribution in [0, 0.1) is 11.8 Å². The van der Waals surface area contributed by atoms with Crippen LogP contribution in [0.15, 0.2) is 0 Å². The summed E-state index contributed by atoms with van der Waals surface area (Å²) >= 11 is 0. The molecule has 0 amide bonds. The highest BCUT2D eigenvalue weighted by Crippen LogP contribution is 2.25. The van der Waals surface area contributed by atoms with Gasteiger partial charge in [0.15, 0.2) is 0 Å². The van der Waals surface area contributed by atoms with Gasteiger partial charge in [0.1, 0.15) is 0 Å². The minimum Gasteiger partial charge on any atom is -0.373 e. The molecule has 0 aromatic carbocycles. The molecule has 1 aliphatic heterocycles. The summed E-state index contributed by atoms with van der Waals surface area (Å²) in [4.78, 5) is 0. The highest BCUT2D eigenvalue weighted by Gasteiger charge is 2.30. The lowest BCUT2D eigenvalue weighted by atomic mass is 9.95. The molecule has 1 rings (SSSR count). The SMILES string of the molecule is CC(C)C(C)C1CO1. The van der Waals surface area contributed by atoms with Crippen LogP contribution in [0.25, 0.3) is 0 Å². The molecule has 0 radical (unpaired) electrons. The fraction of sp³-hybridized carbons (Fsp3) is 1.00. The summed E-state index contributed by atoms with van der Waals surface area (Å²) in [6, 6.07) is 0. The molecular weight excluding hydrogens is 100 g/mol. The predicted octanol–water partition coefficient (Wildman–Crippen LogP) is 1.68. The van der Waals surface area contributed by atoms with Crippen LogP contribution in [0.3, 0.4) is 0 Å². The Kier molecular flexibility index (Phi) is 1.57. The van der Waals surface area contributed by atoms with E-state index in [0.29, 0.717) is 6.10 Å². The molecule has 1 fully saturated rings. The maximum absolute atomic E-state index is 5.13. The van der Waals surface area contributed by atoms with Gasteiger partial charge in [-0.2, -0.15) is 0 Å². The van der Waals surface area contributed by atoms with Crippen molar-refractivity contribution < 1.29 is 4.74 Å². The normalized spacial score (nSPS) is 30.8. The van der Waals surface area contributed by atoms with Crippen LogP contribution in [-0.2, 0) is 4.74 Å². The van der Waals surface area contributed by atoms with Gasteiger partial charge in [0.05, 0.1) is 12.7 Å². The molecular formula is C7H14O. The molecule has 0 N–H and O–H groups in total. The van der Waals surface area contributed by atoms with E-state index in [-0.39, 0.29) is 0 Å². The van der Waals surface area contributed by atoms with E-state index in [1.807, 2.05) is 0 Å². The van der Waals surface area contributed by atoms with Gasteiger partial charge in [-0.05, 0) is 11.8 Å². The Morgan fingerprint density at radius 2 is 1.88 bits per heavy atom. The minimum atomic E-state index is 0.593. The summed E-state index contributed by atoms with van der Waals surface area (Å²) in [6.45, 7) is 7.74. The summed E-state index contributed by atoms with van der Waals surface area (Å²) in [7, 11) is 0. The zero-order valence-corrected chi connectivity index (χ0v) is 5.85. The number of hydrogen-bond acceptors (Lipinski definition) is 1. The van der Waals surface area contributed by atoms with Gasteiger partial charge in [-0.1, -0.05) is 20.8 Å². The quantitative estimate of drug-likeness (QED) is 0.497. The molecule has 1 saturated heterocycles. The first-order valence-corrected chi connectivity index (χ1v) is 3.33. The van der Waals surface area contributed by atoms with E-state index in [0.717, 1.165) is 18.4 Å². The molecule has 0 aromatic heterocycles. The molecule has 2 unspecified atom stereocenters. The van der Waals surface area contributed by atoms with Crippen molar-refractivity contribution in [3.8, 4) is 0 Å². The molecule has 2 atom stereocenters. The zero-order valence-electron chi connectivity index (χ0n) is 5.85. The molecule has 1 aliphatic rings. The first-order valence-electron chi connectivity index (χ1n) is 3.33. The third-order valence-corrected chi connectivity index (χ3v) is 2.00. The molecule has 0 saturated carbocycles. The lowest BCUT2D eigenvalue weighted by Gasteiger charge is -2.10. The predicted molar refractivity (Wildman–Crippen MR) is 33.7 cm³/mol. The van der Waals surface area contributed by atoms with Gasteiger partial charge in [-0.15, -0.1) is 0 Å². The Morgan fingerprint density at radius 1 is 1.38 bits per heavy atom. The monoisotopic (exact) mass is 114 g/mol. The topological polar surface area (TPSA) is 12.5 Å². The molecule has 0 bridgehead atoms. The van der Waals surface area contributed by atoms with Crippen LogP contribution >= 0.6 is 0 Å². The minimum absolute atomic E-state index is 0.593. The number of epoxide rings is 1. The molecule has 0 aromatic rings. The number of rotatable bonds is 2. The van der Waals surface area contributed by atoms with Crippen molar-refractivity contribution in [2.75, 3.05) is 6.61 Å². The summed E-state index contributed by atoms with van der Waals surface area (Å²) in [5, 5.41) is 0. The Morgan fingerprint density at radius 3 is 2.00 bits per heavy atom. The van der Waals surface area contributed by atoms with Gasteiger partial charge in [-0.25, -0.2) is 0 Å². The lowest BCUT2D eigenvalue weighted by Crippen LogP contribution is -2.10. The molecule has 0 aliphatic carbocycles. The molecule has 0 spiro atoms. The first-order chi connectivity index (χ1) is 3.72. The van der Waals surface area contributed by atoms with Crippen LogP contribution in [0.2, 0.25) is 0 Å². The number of ether oxygens (including phenoxy) is 1. The van der Waals surface area contributed by atoms with Crippen molar-refractivity contribution in [2.24, 2.45) is 11.8 Å². The zero-order chi connectivity index (χ0) is 6.15. The Hall–Kier alpha value is -0.0400. The fourth-order valence-corrected chi connectivity index (χ4v) is 0.788. The second kappa shape index (κ2) is 2.06. The Labute approximate surface area is 51.0 Å². The maximum Gasteiger partial charge on any atom is 0.0837 e. The largest absolute Gasteiger partial charge is 0.373 e. The standard InChI is InChI=1S/C7H14O/c1-5(2)6(3)7-4-8-7/h5-7H,4H2,1-3H3. The van der Waals surface area contributed by atoms with Gasteiger partial charge in [-0.3, -0.25) is 0 Å². The summed E-state index contributed by atoms with van der Waals surface area (Å²) in [5.74, 6) is 1.54. The summed E-state index contributed by atoms with van der Waals surface area (Å²) in [5.41, 5.74) is 0. The van der Waals surface area contributed by atoms with E-state index < -0.39 is 0 Å². The van der Waals surface area contributed by atoms with Crippen LogP contribution in [0.1, 0.15) is 20.8 Å². The number of hydrogen-bond donors (Lipinski definition) is 0. The van der Waals surface area contributed by atoms with Gasteiger partial charge >= 0.3 is 0 Å². The average Bonchev–Trinajstić information content (AvgIpc) is 2.43. The molecule has 1 heteroatoms. The second-order valence-corrected chi connectivity index (χ2v) is 2.97. The van der Waals surface area contributed by atoms with Gasteiger partial charge in [0, 0.05) is 0 Å². The van der Waals surface area contributed by atoms with Gasteiger partial charge in [0.25, 0.3) is 0 Å². The van der Waals surface area contributed by atoms with Crippen molar-refractivity contribution in [2.45, 2.75) is 26.9 Å². The highest BCUT2D eigenvalue weighted by molar-refractivity contribution is 4.77. The van der Waals surface area contributed by atoms with E-state index in [1.165, 1.54) is 0 Å². The van der Waals surface area contributed by atoms with E-state index >= 15 is 0 Å². The second-order valence-electron chi connectivity index (χ2n) is 2.97. The molecule has 1 heterocycles. The molecule has 48 valence electrons. The molecule has 8 heavy (non-hydrogen) atoms. The van der Waals surface area contributed by atoms with Crippen molar-refractivity contribution >= 4 is 0 Å². The summed E-state index contributed by atoms with van der Waals surface area (Å²) in [6.07, 6.45) is 0.593. The van der Waals surface area contributed by atoms with Crippen molar-refractivity contribution in [3.63, 3.8) is 0 Å². The third-order valence-electron chi connectivity index (χ3n) is 2.00. The van der Waals surface area contributed by atoms with E-state index in [9.17, 15) is 0 Å². The maximum atomic E-state index is 5.13. The Balaban J connectivity index is 2.22.